The van der Waals surface area contributed by atoms with Crippen LogP contribution in [-0.2, 0) is 16.6 Å². The third kappa shape index (κ3) is 4.93. The summed E-state index contributed by atoms with van der Waals surface area (Å²) in [6.07, 6.45) is 1.80. The molecule has 0 radical (unpaired) electrons. The molecular weight excluding hydrogens is 260 g/mol. The molecule has 0 fully saturated rings. The standard InChI is InChI=1S/C14H24N2O2S/c1-4-10-15-11-13-8-6-7-9-14(13)19(17,18)16-12(3)5-2/h6-9,12,15-16H,4-5,10-11H2,1-3H3. The summed E-state index contributed by atoms with van der Waals surface area (Å²) in [4.78, 5) is 0.374. The average Bonchev–Trinajstić information content (AvgIpc) is 2.39. The second-order valence-corrected chi connectivity index (χ2v) is 6.40. The molecule has 1 aromatic rings. The zero-order valence-electron chi connectivity index (χ0n) is 11.9. The summed E-state index contributed by atoms with van der Waals surface area (Å²) in [6.45, 7) is 7.37. The quantitative estimate of drug-likeness (QED) is 0.720. The highest BCUT2D eigenvalue weighted by molar-refractivity contribution is 7.89. The first-order chi connectivity index (χ1) is 9.01. The summed E-state index contributed by atoms with van der Waals surface area (Å²) in [6, 6.07) is 7.09. The van der Waals surface area contributed by atoms with Crippen molar-refractivity contribution in [1.29, 1.82) is 0 Å². The maximum Gasteiger partial charge on any atom is 0.241 e. The largest absolute Gasteiger partial charge is 0.313 e. The molecule has 0 aliphatic heterocycles. The van der Waals surface area contributed by atoms with Crippen LogP contribution in [-0.4, -0.2) is 21.0 Å². The van der Waals surface area contributed by atoms with Gasteiger partial charge in [-0.2, -0.15) is 0 Å². The third-order valence-corrected chi connectivity index (χ3v) is 4.66. The van der Waals surface area contributed by atoms with E-state index < -0.39 is 10.0 Å². The van der Waals surface area contributed by atoms with E-state index in [-0.39, 0.29) is 6.04 Å². The third-order valence-electron chi connectivity index (χ3n) is 2.97. The van der Waals surface area contributed by atoms with Gasteiger partial charge >= 0.3 is 0 Å². The normalized spacial score (nSPS) is 13.4. The monoisotopic (exact) mass is 284 g/mol. The van der Waals surface area contributed by atoms with Crippen molar-refractivity contribution in [3.8, 4) is 0 Å². The van der Waals surface area contributed by atoms with Crippen molar-refractivity contribution in [2.75, 3.05) is 6.54 Å². The molecule has 19 heavy (non-hydrogen) atoms. The smallest absolute Gasteiger partial charge is 0.241 e. The van der Waals surface area contributed by atoms with Crippen molar-refractivity contribution < 1.29 is 8.42 Å². The first kappa shape index (κ1) is 16.1. The summed E-state index contributed by atoms with van der Waals surface area (Å²) in [5.74, 6) is 0. The van der Waals surface area contributed by atoms with Gasteiger partial charge in [-0.1, -0.05) is 32.0 Å². The van der Waals surface area contributed by atoms with Gasteiger partial charge in [0.1, 0.15) is 0 Å². The van der Waals surface area contributed by atoms with Crippen molar-refractivity contribution in [2.24, 2.45) is 0 Å². The van der Waals surface area contributed by atoms with Gasteiger partial charge in [0.05, 0.1) is 4.90 Å². The lowest BCUT2D eigenvalue weighted by Crippen LogP contribution is -2.33. The fraction of sp³-hybridized carbons (Fsp3) is 0.571. The van der Waals surface area contributed by atoms with E-state index in [0.717, 1.165) is 24.9 Å². The summed E-state index contributed by atoms with van der Waals surface area (Å²) in [5.41, 5.74) is 0.812. The van der Waals surface area contributed by atoms with E-state index in [1.807, 2.05) is 26.0 Å². The zero-order chi connectivity index (χ0) is 14.3. The van der Waals surface area contributed by atoms with Crippen LogP contribution in [0.5, 0.6) is 0 Å². The van der Waals surface area contributed by atoms with Crippen molar-refractivity contribution in [2.45, 2.75) is 51.1 Å². The van der Waals surface area contributed by atoms with Gasteiger partial charge in [0.2, 0.25) is 10.0 Å². The minimum Gasteiger partial charge on any atom is -0.313 e. The topological polar surface area (TPSA) is 58.2 Å². The van der Waals surface area contributed by atoms with E-state index >= 15 is 0 Å². The fourth-order valence-electron chi connectivity index (χ4n) is 1.72. The van der Waals surface area contributed by atoms with Crippen LogP contribution in [0.25, 0.3) is 0 Å². The Balaban J connectivity index is 2.92. The molecule has 1 aromatic carbocycles. The van der Waals surface area contributed by atoms with Gasteiger partial charge in [-0.05, 0) is 37.9 Å². The molecule has 0 amide bonds. The lowest BCUT2D eigenvalue weighted by atomic mass is 10.2. The molecule has 1 rings (SSSR count). The van der Waals surface area contributed by atoms with E-state index in [2.05, 4.69) is 17.0 Å². The zero-order valence-corrected chi connectivity index (χ0v) is 12.8. The number of hydrogen-bond donors (Lipinski definition) is 2. The molecule has 0 aliphatic rings. The van der Waals surface area contributed by atoms with Gasteiger partial charge in [0.15, 0.2) is 0 Å². The summed E-state index contributed by atoms with van der Waals surface area (Å²) in [7, 11) is -3.43. The number of sulfonamides is 1. The number of hydrogen-bond acceptors (Lipinski definition) is 3. The number of benzene rings is 1. The predicted octanol–water partition coefficient (Wildman–Crippen LogP) is 2.26. The molecule has 0 heterocycles. The summed E-state index contributed by atoms with van der Waals surface area (Å²) < 4.78 is 27.3. The molecule has 0 aromatic heterocycles. The van der Waals surface area contributed by atoms with Gasteiger partial charge in [-0.25, -0.2) is 13.1 Å². The second kappa shape index (κ2) is 7.62. The van der Waals surface area contributed by atoms with Crippen LogP contribution in [0.4, 0.5) is 0 Å². The Hall–Kier alpha value is -0.910. The Kier molecular flexibility index (Phi) is 6.48. The van der Waals surface area contributed by atoms with Crippen molar-refractivity contribution in [1.82, 2.24) is 10.0 Å². The molecule has 0 spiro atoms. The number of rotatable bonds is 8. The second-order valence-electron chi connectivity index (χ2n) is 4.72. The Morgan fingerprint density at radius 1 is 1.21 bits per heavy atom. The predicted molar refractivity (Wildman–Crippen MR) is 78.5 cm³/mol. The number of nitrogens with one attached hydrogen (secondary N) is 2. The molecule has 108 valence electrons. The molecule has 1 atom stereocenters. The van der Waals surface area contributed by atoms with E-state index in [4.69, 9.17) is 0 Å². The highest BCUT2D eigenvalue weighted by Gasteiger charge is 2.19. The van der Waals surface area contributed by atoms with Crippen LogP contribution < -0.4 is 10.0 Å². The Labute approximate surface area is 116 Å². The molecule has 5 heteroatoms. The summed E-state index contributed by atoms with van der Waals surface area (Å²) >= 11 is 0. The molecule has 0 saturated carbocycles. The Morgan fingerprint density at radius 2 is 1.89 bits per heavy atom. The maximum absolute atomic E-state index is 12.3. The van der Waals surface area contributed by atoms with Crippen LogP contribution in [0.2, 0.25) is 0 Å². The first-order valence-corrected chi connectivity index (χ1v) is 8.30. The lowest BCUT2D eigenvalue weighted by Gasteiger charge is -2.15. The van der Waals surface area contributed by atoms with Gasteiger partial charge < -0.3 is 5.32 Å². The van der Waals surface area contributed by atoms with Gasteiger partial charge in [-0.15, -0.1) is 0 Å². The molecular formula is C14H24N2O2S. The lowest BCUT2D eigenvalue weighted by molar-refractivity contribution is 0.553. The maximum atomic E-state index is 12.3. The Bertz CT molecular complexity index is 486. The SMILES string of the molecule is CCCNCc1ccccc1S(=O)(=O)NC(C)CC. The van der Waals surface area contributed by atoms with Crippen LogP contribution in [0, 0.1) is 0 Å². The van der Waals surface area contributed by atoms with Gasteiger partial charge in [0, 0.05) is 12.6 Å². The molecule has 2 N–H and O–H groups in total. The van der Waals surface area contributed by atoms with Crippen LogP contribution in [0.1, 0.15) is 39.2 Å². The molecule has 0 aliphatic carbocycles. The Morgan fingerprint density at radius 3 is 2.53 bits per heavy atom. The average molecular weight is 284 g/mol. The molecule has 0 saturated heterocycles. The molecule has 0 bridgehead atoms. The highest BCUT2D eigenvalue weighted by atomic mass is 32.2. The minimum atomic E-state index is -3.43. The first-order valence-electron chi connectivity index (χ1n) is 6.82. The molecule has 1 unspecified atom stereocenters. The minimum absolute atomic E-state index is 0.0540. The van der Waals surface area contributed by atoms with Gasteiger partial charge in [-0.3, -0.25) is 0 Å². The summed E-state index contributed by atoms with van der Waals surface area (Å²) in [5, 5.41) is 3.24. The highest BCUT2D eigenvalue weighted by Crippen LogP contribution is 2.16. The fourth-order valence-corrected chi connectivity index (χ4v) is 3.29. The van der Waals surface area contributed by atoms with E-state index in [1.165, 1.54) is 0 Å². The van der Waals surface area contributed by atoms with E-state index in [9.17, 15) is 8.42 Å². The van der Waals surface area contributed by atoms with E-state index in [1.54, 1.807) is 12.1 Å². The van der Waals surface area contributed by atoms with Crippen LogP contribution in [0.15, 0.2) is 29.2 Å². The van der Waals surface area contributed by atoms with Crippen LogP contribution >= 0.6 is 0 Å². The van der Waals surface area contributed by atoms with Gasteiger partial charge in [0.25, 0.3) is 0 Å². The van der Waals surface area contributed by atoms with Crippen molar-refractivity contribution >= 4 is 10.0 Å². The van der Waals surface area contributed by atoms with E-state index in [0.29, 0.717) is 11.4 Å². The molecule has 4 nitrogen and oxygen atoms in total. The van der Waals surface area contributed by atoms with Crippen molar-refractivity contribution in [3.63, 3.8) is 0 Å². The van der Waals surface area contributed by atoms with Crippen LogP contribution in [0.3, 0.4) is 0 Å². The van der Waals surface area contributed by atoms with Crippen molar-refractivity contribution in [3.05, 3.63) is 29.8 Å².